The molecule has 0 unspecified atom stereocenters. The van der Waals surface area contributed by atoms with Crippen LogP contribution in [0.3, 0.4) is 0 Å². The Morgan fingerprint density at radius 3 is 2.58 bits per heavy atom. The number of hydrogen-bond acceptors (Lipinski definition) is 7. The molecule has 2 rings (SSSR count). The fourth-order valence-electron chi connectivity index (χ4n) is 2.64. The molecule has 1 heterocycles. The molecule has 0 spiro atoms. The molecule has 0 radical (unpaired) electrons. The normalized spacial score (nSPS) is 28.0. The number of esters is 1. The number of hydrogen-bond donors (Lipinski definition) is 1. The van der Waals surface area contributed by atoms with E-state index in [0.29, 0.717) is 0 Å². The summed E-state index contributed by atoms with van der Waals surface area (Å²) in [6.07, 6.45) is -3.82. The molecule has 1 aromatic rings. The van der Waals surface area contributed by atoms with Crippen LogP contribution in [0.2, 0.25) is 0 Å². The lowest BCUT2D eigenvalue weighted by molar-refractivity contribution is -0.270. The molecule has 1 N–H and O–H groups in total. The van der Waals surface area contributed by atoms with Gasteiger partial charge in [-0.1, -0.05) is 23.3 Å². The fraction of sp³-hybridized carbons (Fsp3) is 0.500. The fourth-order valence-corrected chi connectivity index (χ4v) is 2.64. The summed E-state index contributed by atoms with van der Waals surface area (Å²) < 4.78 is 21.6. The molecular formula is C16H19N3O7. The van der Waals surface area contributed by atoms with Gasteiger partial charge in [-0.05, 0) is 24.6 Å². The summed E-state index contributed by atoms with van der Waals surface area (Å²) in [7, 11) is 1.35. The zero-order valence-corrected chi connectivity index (χ0v) is 14.2. The number of rotatable bonds is 7. The van der Waals surface area contributed by atoms with E-state index in [1.807, 2.05) is 0 Å². The highest BCUT2D eigenvalue weighted by molar-refractivity contribution is 5.89. The van der Waals surface area contributed by atoms with Gasteiger partial charge in [0.05, 0.1) is 11.7 Å². The number of azide groups is 1. The van der Waals surface area contributed by atoms with Gasteiger partial charge in [0.15, 0.2) is 6.29 Å². The minimum absolute atomic E-state index is 0.289. The van der Waals surface area contributed by atoms with Crippen LogP contribution in [0.25, 0.3) is 10.4 Å². The maximum atomic E-state index is 12.4. The molecule has 140 valence electrons. The number of carbonyl (C=O) groups is 2. The van der Waals surface area contributed by atoms with E-state index in [4.69, 9.17) is 29.6 Å². The van der Waals surface area contributed by atoms with Gasteiger partial charge in [0.1, 0.15) is 24.9 Å². The number of nitrogens with zero attached hydrogens (tertiary/aromatic N) is 3. The van der Waals surface area contributed by atoms with Gasteiger partial charge in [0.2, 0.25) is 0 Å². The maximum absolute atomic E-state index is 12.4. The highest BCUT2D eigenvalue weighted by atomic mass is 16.7. The van der Waals surface area contributed by atoms with Crippen LogP contribution in [0.1, 0.15) is 17.3 Å². The molecular weight excluding hydrogens is 346 g/mol. The van der Waals surface area contributed by atoms with Crippen LogP contribution in [0.4, 0.5) is 0 Å². The van der Waals surface area contributed by atoms with E-state index in [2.05, 4.69) is 10.0 Å². The molecule has 0 aliphatic carbocycles. The second-order valence-electron chi connectivity index (χ2n) is 5.55. The molecule has 10 heteroatoms. The standard InChI is InChI=1S/C16H19N3O7/c1-9-12(18-19-17)13(26-15(22)10-6-4-3-5-7-10)14(16(23-2)25-9)24-8-11(20)21/h3-7,9,12-14,16H,8H2,1-2H3,(H,20,21)/t9-,12+,13+,14-,16+/m1/s1. The zero-order valence-electron chi connectivity index (χ0n) is 14.2. The molecule has 1 aromatic carbocycles. The van der Waals surface area contributed by atoms with Gasteiger partial charge in [-0.15, -0.1) is 0 Å². The lowest BCUT2D eigenvalue weighted by atomic mass is 9.97. The highest BCUT2D eigenvalue weighted by Crippen LogP contribution is 2.29. The molecule has 1 aliphatic rings. The molecule has 0 aromatic heterocycles. The third-order valence-electron chi connectivity index (χ3n) is 3.83. The van der Waals surface area contributed by atoms with Crippen LogP contribution in [-0.4, -0.2) is 61.4 Å². The van der Waals surface area contributed by atoms with Gasteiger partial charge >= 0.3 is 11.9 Å². The summed E-state index contributed by atoms with van der Waals surface area (Å²) in [6, 6.07) is 7.30. The highest BCUT2D eigenvalue weighted by Gasteiger charge is 2.47. The Bertz CT molecular complexity index is 678. The van der Waals surface area contributed by atoms with Gasteiger partial charge in [-0.25, -0.2) is 9.59 Å². The molecule has 1 saturated heterocycles. The molecule has 10 nitrogen and oxygen atoms in total. The Balaban J connectivity index is 2.31. The summed E-state index contributed by atoms with van der Waals surface area (Å²) in [6.45, 7) is 0.965. The van der Waals surface area contributed by atoms with Crippen molar-refractivity contribution in [1.82, 2.24) is 0 Å². The Hall–Kier alpha value is -2.65. The van der Waals surface area contributed by atoms with E-state index < -0.39 is 49.2 Å². The van der Waals surface area contributed by atoms with Crippen molar-refractivity contribution in [3.8, 4) is 0 Å². The smallest absolute Gasteiger partial charge is 0.338 e. The molecule has 0 saturated carbocycles. The Morgan fingerprint density at radius 2 is 2.00 bits per heavy atom. The maximum Gasteiger partial charge on any atom is 0.338 e. The molecule has 1 fully saturated rings. The number of methoxy groups -OCH3 is 1. The summed E-state index contributed by atoms with van der Waals surface area (Å²) >= 11 is 0. The van der Waals surface area contributed by atoms with E-state index in [0.717, 1.165) is 0 Å². The van der Waals surface area contributed by atoms with Crippen LogP contribution in [0, 0.1) is 0 Å². The monoisotopic (exact) mass is 365 g/mol. The third-order valence-corrected chi connectivity index (χ3v) is 3.83. The van der Waals surface area contributed by atoms with Gasteiger partial charge in [-0.3, -0.25) is 0 Å². The molecule has 0 amide bonds. The Kier molecular flexibility index (Phi) is 6.93. The number of ether oxygens (including phenoxy) is 4. The van der Waals surface area contributed by atoms with E-state index in [9.17, 15) is 9.59 Å². The number of carbonyl (C=O) groups excluding carboxylic acids is 1. The number of aliphatic carboxylic acids is 1. The van der Waals surface area contributed by atoms with Gasteiger partial charge in [0, 0.05) is 12.0 Å². The predicted molar refractivity (Wildman–Crippen MR) is 87.3 cm³/mol. The van der Waals surface area contributed by atoms with E-state index in [1.165, 1.54) is 7.11 Å². The average Bonchev–Trinajstić information content (AvgIpc) is 2.63. The Labute approximate surface area is 149 Å². The van der Waals surface area contributed by atoms with Crippen LogP contribution in [-0.2, 0) is 23.7 Å². The van der Waals surface area contributed by atoms with E-state index in [-0.39, 0.29) is 5.56 Å². The minimum Gasteiger partial charge on any atom is -0.480 e. The number of carboxylic acids is 1. The molecule has 1 aliphatic heterocycles. The van der Waals surface area contributed by atoms with E-state index >= 15 is 0 Å². The summed E-state index contributed by atoms with van der Waals surface area (Å²) in [5, 5.41) is 12.5. The number of carboxylic acid groups (broad SMARTS) is 1. The Morgan fingerprint density at radius 1 is 1.31 bits per heavy atom. The molecule has 5 atom stereocenters. The van der Waals surface area contributed by atoms with Crippen molar-refractivity contribution in [2.24, 2.45) is 5.11 Å². The first-order valence-corrected chi connectivity index (χ1v) is 7.79. The lowest BCUT2D eigenvalue weighted by Gasteiger charge is -2.42. The van der Waals surface area contributed by atoms with Gasteiger partial charge < -0.3 is 24.1 Å². The van der Waals surface area contributed by atoms with Crippen molar-refractivity contribution >= 4 is 11.9 Å². The second-order valence-corrected chi connectivity index (χ2v) is 5.55. The van der Waals surface area contributed by atoms with Crippen LogP contribution in [0.5, 0.6) is 0 Å². The second kappa shape index (κ2) is 9.16. The van der Waals surface area contributed by atoms with Crippen LogP contribution in [0.15, 0.2) is 35.4 Å². The average molecular weight is 365 g/mol. The zero-order chi connectivity index (χ0) is 19.1. The summed E-state index contributed by atoms with van der Waals surface area (Å²) in [4.78, 5) is 26.1. The summed E-state index contributed by atoms with van der Waals surface area (Å²) in [5.41, 5.74) is 9.12. The van der Waals surface area contributed by atoms with Crippen molar-refractivity contribution in [2.45, 2.75) is 37.6 Å². The van der Waals surface area contributed by atoms with Gasteiger partial charge in [0.25, 0.3) is 0 Å². The first-order valence-electron chi connectivity index (χ1n) is 7.79. The van der Waals surface area contributed by atoms with E-state index in [1.54, 1.807) is 37.3 Å². The van der Waals surface area contributed by atoms with Crippen LogP contribution >= 0.6 is 0 Å². The SMILES string of the molecule is CO[C@H]1O[C@H](C)[C@H](N=[N+]=[N-])[C@H](OC(=O)c2ccccc2)[C@H]1OCC(=O)O. The quantitative estimate of drug-likeness (QED) is 0.336. The lowest BCUT2D eigenvalue weighted by Crippen LogP contribution is -2.59. The third kappa shape index (κ3) is 4.70. The van der Waals surface area contributed by atoms with Crippen molar-refractivity contribution in [3.63, 3.8) is 0 Å². The van der Waals surface area contributed by atoms with Crippen molar-refractivity contribution in [2.75, 3.05) is 13.7 Å². The number of benzene rings is 1. The first-order chi connectivity index (χ1) is 12.5. The minimum atomic E-state index is -1.22. The van der Waals surface area contributed by atoms with Crippen molar-refractivity contribution < 1.29 is 33.6 Å². The molecule has 0 bridgehead atoms. The topological polar surface area (TPSA) is 140 Å². The first kappa shape index (κ1) is 19.7. The van der Waals surface area contributed by atoms with Crippen LogP contribution < -0.4 is 0 Å². The summed E-state index contributed by atoms with van der Waals surface area (Å²) in [5.74, 6) is -1.88. The van der Waals surface area contributed by atoms with Crippen molar-refractivity contribution in [3.05, 3.63) is 46.3 Å². The largest absolute Gasteiger partial charge is 0.480 e. The van der Waals surface area contributed by atoms with Gasteiger partial charge in [-0.2, -0.15) is 0 Å². The van der Waals surface area contributed by atoms with Crippen molar-refractivity contribution in [1.29, 1.82) is 0 Å². The predicted octanol–water partition coefficient (Wildman–Crippen LogP) is 1.75. The molecule has 26 heavy (non-hydrogen) atoms.